The highest BCUT2D eigenvalue weighted by molar-refractivity contribution is 7.22. The predicted molar refractivity (Wildman–Crippen MR) is 204 cm³/mol. The molecule has 256 valence electrons. The molecule has 0 spiro atoms. The number of likely N-dealkylation sites (tertiary alicyclic amines) is 1. The Balaban J connectivity index is 1.05. The second kappa shape index (κ2) is 14.5. The molecular weight excluding hydrogens is 653 g/mol. The first-order valence-electron chi connectivity index (χ1n) is 17.7. The van der Waals surface area contributed by atoms with Crippen molar-refractivity contribution in [3.63, 3.8) is 0 Å². The second-order valence-corrected chi connectivity index (χ2v) is 14.5. The zero-order valence-electron chi connectivity index (χ0n) is 28.8. The first-order chi connectivity index (χ1) is 25.0. The molecule has 0 bridgehead atoms. The lowest BCUT2D eigenvalue weighted by molar-refractivity contribution is 0.0642. The van der Waals surface area contributed by atoms with Crippen LogP contribution in [0, 0.1) is 6.92 Å². The van der Waals surface area contributed by atoms with E-state index in [0.717, 1.165) is 46.7 Å². The Morgan fingerprint density at radius 3 is 2.14 bits per heavy atom. The van der Waals surface area contributed by atoms with Gasteiger partial charge in [-0.1, -0.05) is 60.7 Å². The number of carbonyl (C=O) groups is 2. The van der Waals surface area contributed by atoms with Crippen molar-refractivity contribution in [3.05, 3.63) is 154 Å². The Labute approximate surface area is 302 Å². The van der Waals surface area contributed by atoms with Crippen molar-refractivity contribution >= 4 is 33.2 Å². The molecule has 2 aliphatic rings. The molecule has 51 heavy (non-hydrogen) atoms. The van der Waals surface area contributed by atoms with Crippen molar-refractivity contribution in [2.24, 2.45) is 0 Å². The zero-order valence-corrected chi connectivity index (χ0v) is 29.6. The average molecular weight is 693 g/mol. The quantitative estimate of drug-likeness (QED) is 0.120. The molecule has 8 rings (SSSR count). The van der Waals surface area contributed by atoms with Gasteiger partial charge in [-0.2, -0.15) is 0 Å². The Morgan fingerprint density at radius 2 is 1.41 bits per heavy atom. The smallest absolute Gasteiger partial charge is 0.261 e. The van der Waals surface area contributed by atoms with Crippen LogP contribution in [0.1, 0.15) is 61.4 Å². The third-order valence-corrected chi connectivity index (χ3v) is 11.2. The van der Waals surface area contributed by atoms with Gasteiger partial charge in [-0.15, -0.1) is 11.3 Å². The Bertz CT molecular complexity index is 2170. The summed E-state index contributed by atoms with van der Waals surface area (Å²) in [7, 11) is 0. The van der Waals surface area contributed by atoms with Crippen molar-refractivity contribution in [3.8, 4) is 21.9 Å². The van der Waals surface area contributed by atoms with Crippen molar-refractivity contribution in [2.75, 3.05) is 26.2 Å². The van der Waals surface area contributed by atoms with Crippen molar-refractivity contribution in [2.45, 2.75) is 39.3 Å². The van der Waals surface area contributed by atoms with Crippen molar-refractivity contribution < 1.29 is 19.1 Å². The van der Waals surface area contributed by atoms with E-state index in [0.29, 0.717) is 24.3 Å². The van der Waals surface area contributed by atoms with E-state index in [9.17, 15) is 9.59 Å². The van der Waals surface area contributed by atoms with Gasteiger partial charge in [0.1, 0.15) is 24.7 Å². The summed E-state index contributed by atoms with van der Waals surface area (Å²) in [6, 6.07) is 38.6. The van der Waals surface area contributed by atoms with Gasteiger partial charge in [-0.05, 0) is 133 Å². The number of carbonyl (C=O) groups excluding carboxylic acids is 2. The number of hydrogen-bond acceptors (Lipinski definition) is 6. The topological polar surface area (TPSA) is 59.1 Å². The molecule has 3 heterocycles. The van der Waals surface area contributed by atoms with Crippen LogP contribution >= 0.6 is 11.3 Å². The fourth-order valence-electron chi connectivity index (χ4n) is 7.17. The van der Waals surface area contributed by atoms with Gasteiger partial charge in [0, 0.05) is 16.1 Å². The third kappa shape index (κ3) is 7.05. The van der Waals surface area contributed by atoms with E-state index in [4.69, 9.17) is 9.47 Å². The highest BCUT2D eigenvalue weighted by Gasteiger charge is 2.35. The largest absolute Gasteiger partial charge is 0.492 e. The lowest BCUT2D eigenvalue weighted by Gasteiger charge is -2.16. The summed E-state index contributed by atoms with van der Waals surface area (Å²) in [6.45, 7) is 6.83. The van der Waals surface area contributed by atoms with Crippen molar-refractivity contribution in [1.29, 1.82) is 0 Å². The maximum absolute atomic E-state index is 13.0. The summed E-state index contributed by atoms with van der Waals surface area (Å²) < 4.78 is 13.5. The van der Waals surface area contributed by atoms with Gasteiger partial charge >= 0.3 is 0 Å². The first-order valence-corrected chi connectivity index (χ1v) is 18.5. The summed E-state index contributed by atoms with van der Waals surface area (Å²) in [4.78, 5) is 31.1. The summed E-state index contributed by atoms with van der Waals surface area (Å²) >= 11 is 1.79. The van der Waals surface area contributed by atoms with E-state index in [1.165, 1.54) is 56.9 Å². The number of hydrogen-bond donors (Lipinski definition) is 0. The number of amides is 2. The lowest BCUT2D eigenvalue weighted by atomic mass is 9.96. The van der Waals surface area contributed by atoms with Crippen LogP contribution in [-0.2, 0) is 19.6 Å². The molecule has 1 aromatic heterocycles. The Hall–Kier alpha value is -5.24. The van der Waals surface area contributed by atoms with E-state index >= 15 is 0 Å². The molecule has 1 saturated heterocycles. The fourth-order valence-corrected chi connectivity index (χ4v) is 8.43. The van der Waals surface area contributed by atoms with Gasteiger partial charge in [0.25, 0.3) is 11.8 Å². The summed E-state index contributed by atoms with van der Waals surface area (Å²) in [6.07, 6.45) is 3.31. The van der Waals surface area contributed by atoms with Gasteiger partial charge < -0.3 is 9.47 Å². The van der Waals surface area contributed by atoms with Crippen LogP contribution in [0.25, 0.3) is 20.5 Å². The maximum Gasteiger partial charge on any atom is 0.261 e. The minimum absolute atomic E-state index is 0.233. The molecule has 6 aromatic rings. The number of imide groups is 1. The van der Waals surface area contributed by atoms with Gasteiger partial charge in [0.05, 0.1) is 17.7 Å². The van der Waals surface area contributed by atoms with E-state index in [2.05, 4.69) is 84.6 Å². The molecule has 0 saturated carbocycles. The molecule has 2 amide bonds. The van der Waals surface area contributed by atoms with Crippen LogP contribution in [0.3, 0.4) is 0 Å². The van der Waals surface area contributed by atoms with Crippen LogP contribution in [-0.4, -0.2) is 47.9 Å². The molecule has 7 heteroatoms. The van der Waals surface area contributed by atoms with E-state index < -0.39 is 0 Å². The number of ether oxygens (including phenoxy) is 2. The number of thiophene rings is 1. The van der Waals surface area contributed by atoms with E-state index in [-0.39, 0.29) is 18.4 Å². The minimum Gasteiger partial charge on any atom is -0.492 e. The van der Waals surface area contributed by atoms with Crippen molar-refractivity contribution in [1.82, 2.24) is 9.80 Å². The number of benzene rings is 5. The summed E-state index contributed by atoms with van der Waals surface area (Å²) in [5.41, 5.74) is 7.69. The fraction of sp³-hybridized carbons (Fsp3) is 0.227. The van der Waals surface area contributed by atoms with Crippen LogP contribution in [0.15, 0.2) is 115 Å². The zero-order chi connectivity index (χ0) is 34.7. The number of nitrogens with zero attached hydrogens (tertiary/aromatic N) is 2. The minimum atomic E-state index is -0.233. The molecule has 0 unspecified atom stereocenters. The number of aryl methyl sites for hydroxylation is 1. The predicted octanol–water partition coefficient (Wildman–Crippen LogP) is 9.32. The summed E-state index contributed by atoms with van der Waals surface area (Å²) in [5.74, 6) is 1.27. The molecule has 0 atom stereocenters. The third-order valence-electron chi connectivity index (χ3n) is 10.00. The average Bonchev–Trinajstić information content (AvgIpc) is 3.87. The normalized spacial score (nSPS) is 14.4. The van der Waals surface area contributed by atoms with E-state index in [1.54, 1.807) is 35.6 Å². The van der Waals surface area contributed by atoms with Gasteiger partial charge in [-0.3, -0.25) is 19.4 Å². The van der Waals surface area contributed by atoms with Gasteiger partial charge in [-0.25, -0.2) is 0 Å². The van der Waals surface area contributed by atoms with E-state index in [1.807, 2.05) is 18.2 Å². The molecular formula is C44H40N2O4S. The standard InChI is InChI=1S/C44H40N2O4S/c1-30-25-32(13-14-34(30)28-46-43(47)38-11-5-6-12-39(38)44(46)48)26-40-37-20-19-36(50-29-31-9-3-2-4-10-31)27-41(37)51-42(40)33-15-17-35(18-16-33)49-24-23-45-21-7-8-22-45/h2-6,9-20,25,27H,7-8,21-24,26,28-29H2,1H3. The Kier molecular flexibility index (Phi) is 9.39. The van der Waals surface area contributed by atoms with Crippen LogP contribution in [0.4, 0.5) is 0 Å². The Morgan fingerprint density at radius 1 is 0.706 bits per heavy atom. The lowest BCUT2D eigenvalue weighted by Crippen LogP contribution is -2.29. The number of fused-ring (bicyclic) bond motifs is 2. The molecule has 0 N–H and O–H groups in total. The summed E-state index contributed by atoms with van der Waals surface area (Å²) in [5, 5.41) is 1.21. The van der Waals surface area contributed by atoms with Crippen LogP contribution < -0.4 is 9.47 Å². The second-order valence-electron chi connectivity index (χ2n) is 13.4. The molecule has 6 nitrogen and oxygen atoms in total. The first kappa shape index (κ1) is 32.9. The highest BCUT2D eigenvalue weighted by Crippen LogP contribution is 2.42. The number of rotatable bonds is 12. The molecule has 1 fully saturated rings. The van der Waals surface area contributed by atoms with Gasteiger partial charge in [0.2, 0.25) is 0 Å². The SMILES string of the molecule is Cc1cc(Cc2c(-c3ccc(OCCN4CCCC4)cc3)sc3cc(OCc4ccccc4)ccc23)ccc1CN1C(=O)c2ccccc2C1=O. The van der Waals surface area contributed by atoms with Crippen LogP contribution in [0.2, 0.25) is 0 Å². The van der Waals surface area contributed by atoms with Crippen LogP contribution in [0.5, 0.6) is 11.5 Å². The molecule has 5 aromatic carbocycles. The highest BCUT2D eigenvalue weighted by atomic mass is 32.1. The monoisotopic (exact) mass is 692 g/mol. The molecule has 0 aliphatic carbocycles. The van der Waals surface area contributed by atoms with Gasteiger partial charge in [0.15, 0.2) is 0 Å². The molecule has 2 aliphatic heterocycles. The molecule has 0 radical (unpaired) electrons. The maximum atomic E-state index is 13.0.